The van der Waals surface area contributed by atoms with E-state index in [1.54, 1.807) is 6.92 Å². The van der Waals surface area contributed by atoms with Crippen LogP contribution >= 0.6 is 0 Å². The van der Waals surface area contributed by atoms with E-state index in [0.29, 0.717) is 0 Å². The highest BCUT2D eigenvalue weighted by Gasteiger charge is 2.52. The number of esters is 2. The van der Waals surface area contributed by atoms with E-state index in [4.69, 9.17) is 9.47 Å². The molecule has 2 aromatic carbocycles. The van der Waals surface area contributed by atoms with Gasteiger partial charge in [-0.25, -0.2) is 0 Å². The fourth-order valence-electron chi connectivity index (χ4n) is 3.96. The second kappa shape index (κ2) is 8.78. The van der Waals surface area contributed by atoms with Gasteiger partial charge in [-0.05, 0) is 38.8 Å². The summed E-state index contributed by atoms with van der Waals surface area (Å²) in [7, 11) is 0. The Hall–Kier alpha value is -2.66. The SMILES string of the molecule is CCOC(=O)[C@@H]1[C@@H](c2ccccc2)[C@H](C(=O)OC(C)(C)C)N[C@@H]1c1ccccc1. The van der Waals surface area contributed by atoms with Gasteiger partial charge in [0, 0.05) is 12.0 Å². The molecule has 3 rings (SSSR count). The summed E-state index contributed by atoms with van der Waals surface area (Å²) in [5.74, 6) is -1.61. The van der Waals surface area contributed by atoms with Crippen molar-refractivity contribution in [1.82, 2.24) is 5.32 Å². The lowest BCUT2D eigenvalue weighted by Gasteiger charge is -2.26. The minimum absolute atomic E-state index is 0.287. The van der Waals surface area contributed by atoms with Gasteiger partial charge in [-0.1, -0.05) is 60.7 Å². The zero-order chi connectivity index (χ0) is 21.0. The smallest absolute Gasteiger partial charge is 0.324 e. The maximum atomic E-state index is 13.1. The Balaban J connectivity index is 2.07. The van der Waals surface area contributed by atoms with Gasteiger partial charge < -0.3 is 9.47 Å². The van der Waals surface area contributed by atoms with E-state index in [2.05, 4.69) is 5.32 Å². The standard InChI is InChI=1S/C24H29NO4/c1-5-28-22(26)19-18(16-12-8-6-9-13-16)21(23(27)29-24(2,3)4)25-20(19)17-14-10-7-11-15-17/h6-15,18-21,25H,5H2,1-4H3/t18-,19-,20-,21-/m1/s1. The molecule has 0 aromatic heterocycles. The molecule has 29 heavy (non-hydrogen) atoms. The lowest BCUT2D eigenvalue weighted by Crippen LogP contribution is -2.40. The summed E-state index contributed by atoms with van der Waals surface area (Å²) in [5.41, 5.74) is 1.23. The number of carbonyl (C=O) groups is 2. The average molecular weight is 395 g/mol. The number of rotatable bonds is 5. The first kappa shape index (κ1) is 21.1. The first-order valence-electron chi connectivity index (χ1n) is 10.1. The molecule has 0 bridgehead atoms. The predicted octanol–water partition coefficient (Wildman–Crippen LogP) is 4.00. The number of nitrogens with one attached hydrogen (secondary N) is 1. The third kappa shape index (κ3) is 4.85. The number of benzene rings is 2. The Morgan fingerprint density at radius 3 is 1.97 bits per heavy atom. The molecule has 5 heteroatoms. The summed E-state index contributed by atoms with van der Waals surface area (Å²) in [5, 5.41) is 3.39. The maximum Gasteiger partial charge on any atom is 0.324 e. The Labute approximate surface area is 172 Å². The summed E-state index contributed by atoms with van der Waals surface area (Å²) in [6, 6.07) is 18.3. The molecular weight excluding hydrogens is 366 g/mol. The maximum absolute atomic E-state index is 13.1. The fourth-order valence-corrected chi connectivity index (χ4v) is 3.96. The molecule has 0 saturated carbocycles. The number of hydrogen-bond donors (Lipinski definition) is 1. The van der Waals surface area contributed by atoms with Crippen molar-refractivity contribution in [3.05, 3.63) is 71.8 Å². The van der Waals surface area contributed by atoms with Crippen molar-refractivity contribution in [3.63, 3.8) is 0 Å². The Kier molecular flexibility index (Phi) is 6.38. The molecule has 1 aliphatic rings. The molecular formula is C24H29NO4. The molecule has 4 atom stereocenters. The van der Waals surface area contributed by atoms with Gasteiger partial charge in [-0.3, -0.25) is 14.9 Å². The zero-order valence-electron chi connectivity index (χ0n) is 17.4. The zero-order valence-corrected chi connectivity index (χ0v) is 17.4. The molecule has 0 spiro atoms. The van der Waals surface area contributed by atoms with Gasteiger partial charge >= 0.3 is 11.9 Å². The van der Waals surface area contributed by atoms with Gasteiger partial charge in [0.15, 0.2) is 0 Å². The summed E-state index contributed by atoms with van der Waals surface area (Å²) in [6.45, 7) is 7.61. The first-order valence-corrected chi connectivity index (χ1v) is 10.1. The first-order chi connectivity index (χ1) is 13.8. The molecule has 0 unspecified atom stereocenters. The number of hydrogen-bond acceptors (Lipinski definition) is 5. The van der Waals surface area contributed by atoms with Crippen LogP contribution in [0.4, 0.5) is 0 Å². The van der Waals surface area contributed by atoms with Crippen LogP contribution in [-0.4, -0.2) is 30.2 Å². The highest BCUT2D eigenvalue weighted by atomic mass is 16.6. The quantitative estimate of drug-likeness (QED) is 0.775. The van der Waals surface area contributed by atoms with Crippen LogP contribution in [0.2, 0.25) is 0 Å². The van der Waals surface area contributed by atoms with Crippen molar-refractivity contribution >= 4 is 11.9 Å². The van der Waals surface area contributed by atoms with E-state index >= 15 is 0 Å². The summed E-state index contributed by atoms with van der Waals surface area (Å²) >= 11 is 0. The van der Waals surface area contributed by atoms with Crippen molar-refractivity contribution in [2.45, 2.75) is 51.3 Å². The number of ether oxygens (including phenoxy) is 2. The molecule has 0 aliphatic carbocycles. The third-order valence-electron chi connectivity index (χ3n) is 5.03. The van der Waals surface area contributed by atoms with Crippen LogP contribution in [0, 0.1) is 5.92 Å². The summed E-state index contributed by atoms with van der Waals surface area (Å²) in [4.78, 5) is 26.2. The molecule has 0 radical (unpaired) electrons. The van der Waals surface area contributed by atoms with Crippen LogP contribution in [0.1, 0.15) is 50.8 Å². The van der Waals surface area contributed by atoms with E-state index in [0.717, 1.165) is 11.1 Å². The van der Waals surface area contributed by atoms with Crippen LogP contribution in [0.5, 0.6) is 0 Å². The molecule has 1 fully saturated rings. The number of carbonyl (C=O) groups excluding carboxylic acids is 2. The Morgan fingerprint density at radius 1 is 0.897 bits per heavy atom. The highest BCUT2D eigenvalue weighted by molar-refractivity contribution is 5.83. The van der Waals surface area contributed by atoms with Gasteiger partial charge in [0.1, 0.15) is 11.6 Å². The molecule has 1 saturated heterocycles. The Bertz CT molecular complexity index is 829. The van der Waals surface area contributed by atoms with Gasteiger partial charge in [-0.15, -0.1) is 0 Å². The van der Waals surface area contributed by atoms with Crippen LogP contribution in [0.25, 0.3) is 0 Å². The van der Waals surface area contributed by atoms with Gasteiger partial charge in [0.05, 0.1) is 12.5 Å². The second-order valence-electron chi connectivity index (χ2n) is 8.28. The Morgan fingerprint density at radius 2 is 1.45 bits per heavy atom. The summed E-state index contributed by atoms with van der Waals surface area (Å²) in [6.07, 6.45) is 0. The topological polar surface area (TPSA) is 64.6 Å². The van der Waals surface area contributed by atoms with Gasteiger partial charge in [-0.2, -0.15) is 0 Å². The highest BCUT2D eigenvalue weighted by Crippen LogP contribution is 2.44. The molecule has 0 amide bonds. The lowest BCUT2D eigenvalue weighted by atomic mass is 9.80. The van der Waals surface area contributed by atoms with Crippen molar-refractivity contribution in [3.8, 4) is 0 Å². The molecule has 1 N–H and O–H groups in total. The largest absolute Gasteiger partial charge is 0.466 e. The van der Waals surface area contributed by atoms with Gasteiger partial charge in [0.2, 0.25) is 0 Å². The molecule has 5 nitrogen and oxygen atoms in total. The van der Waals surface area contributed by atoms with Crippen LogP contribution in [0.3, 0.4) is 0 Å². The minimum Gasteiger partial charge on any atom is -0.466 e. The van der Waals surface area contributed by atoms with Crippen molar-refractivity contribution in [2.75, 3.05) is 6.61 Å². The van der Waals surface area contributed by atoms with Crippen molar-refractivity contribution in [1.29, 1.82) is 0 Å². The predicted molar refractivity (Wildman–Crippen MR) is 111 cm³/mol. The van der Waals surface area contributed by atoms with Crippen LogP contribution < -0.4 is 5.32 Å². The molecule has 2 aromatic rings. The van der Waals surface area contributed by atoms with E-state index in [1.807, 2.05) is 81.4 Å². The van der Waals surface area contributed by atoms with E-state index in [1.165, 1.54) is 0 Å². The van der Waals surface area contributed by atoms with Crippen molar-refractivity contribution < 1.29 is 19.1 Å². The van der Waals surface area contributed by atoms with E-state index in [-0.39, 0.29) is 24.6 Å². The minimum atomic E-state index is -0.656. The fraction of sp³-hybridized carbons (Fsp3) is 0.417. The monoisotopic (exact) mass is 395 g/mol. The average Bonchev–Trinajstić information content (AvgIpc) is 3.09. The molecule has 1 heterocycles. The molecule has 1 aliphatic heterocycles. The normalized spacial score (nSPS) is 24.1. The second-order valence-corrected chi connectivity index (χ2v) is 8.28. The van der Waals surface area contributed by atoms with Gasteiger partial charge in [0.25, 0.3) is 0 Å². The summed E-state index contributed by atoms with van der Waals surface area (Å²) < 4.78 is 11.1. The van der Waals surface area contributed by atoms with Crippen LogP contribution in [0.15, 0.2) is 60.7 Å². The molecule has 154 valence electrons. The third-order valence-corrected chi connectivity index (χ3v) is 5.03. The van der Waals surface area contributed by atoms with Crippen molar-refractivity contribution in [2.24, 2.45) is 5.92 Å². The lowest BCUT2D eigenvalue weighted by molar-refractivity contribution is -0.157. The van der Waals surface area contributed by atoms with E-state index < -0.39 is 23.5 Å². The van der Waals surface area contributed by atoms with Crippen LogP contribution in [-0.2, 0) is 19.1 Å². The van der Waals surface area contributed by atoms with E-state index in [9.17, 15) is 9.59 Å².